The first-order chi connectivity index (χ1) is 8.72. The molecule has 0 fully saturated rings. The monoisotopic (exact) mass is 264 g/mol. The Morgan fingerprint density at radius 3 is 3.06 bits per heavy atom. The minimum atomic E-state index is -0.347. The lowest BCUT2D eigenvalue weighted by Crippen LogP contribution is -2.22. The van der Waals surface area contributed by atoms with Gasteiger partial charge in [-0.15, -0.1) is 11.3 Å². The summed E-state index contributed by atoms with van der Waals surface area (Å²) in [5.74, 6) is -0.220. The number of hydrogen-bond acceptors (Lipinski definition) is 5. The summed E-state index contributed by atoms with van der Waals surface area (Å²) in [5, 5.41) is 12.5. The molecule has 0 saturated carbocycles. The van der Waals surface area contributed by atoms with E-state index < -0.39 is 0 Å². The maximum absolute atomic E-state index is 11.9. The molecule has 1 amide bonds. The van der Waals surface area contributed by atoms with Gasteiger partial charge in [-0.25, -0.2) is 0 Å². The van der Waals surface area contributed by atoms with Crippen LogP contribution in [0.25, 0.3) is 0 Å². The lowest BCUT2D eigenvalue weighted by Gasteiger charge is -2.08. The number of rotatable bonds is 4. The van der Waals surface area contributed by atoms with Gasteiger partial charge in [-0.05, 0) is 12.1 Å². The Bertz CT molecular complexity index is 540. The second-order valence-corrected chi connectivity index (χ2v) is 4.48. The van der Waals surface area contributed by atoms with Crippen molar-refractivity contribution in [1.29, 1.82) is 0 Å². The summed E-state index contributed by atoms with van der Waals surface area (Å²) in [5.41, 5.74) is 1.89. The largest absolute Gasteiger partial charge is 0.504 e. The Kier molecular flexibility index (Phi) is 3.78. The smallest absolute Gasteiger partial charge is 0.255 e. The molecule has 1 aromatic carbocycles. The summed E-state index contributed by atoms with van der Waals surface area (Å²) in [6.45, 7) is 0.389. The number of aromatic hydroxyl groups is 1. The molecule has 0 unspecified atom stereocenters. The van der Waals surface area contributed by atoms with Crippen molar-refractivity contribution in [3.05, 3.63) is 40.3 Å². The first-order valence-corrected chi connectivity index (χ1v) is 6.12. The van der Waals surface area contributed by atoms with Gasteiger partial charge in [0.1, 0.15) is 0 Å². The van der Waals surface area contributed by atoms with Gasteiger partial charge in [-0.1, -0.05) is 6.07 Å². The molecule has 5 nitrogen and oxygen atoms in total. The van der Waals surface area contributed by atoms with Crippen molar-refractivity contribution in [2.45, 2.75) is 6.54 Å². The van der Waals surface area contributed by atoms with E-state index in [0.29, 0.717) is 6.54 Å². The van der Waals surface area contributed by atoms with Crippen molar-refractivity contribution >= 4 is 17.2 Å². The number of carbonyl (C=O) groups excluding carboxylic acids is 1. The van der Waals surface area contributed by atoms with Crippen LogP contribution in [-0.4, -0.2) is 23.1 Å². The van der Waals surface area contributed by atoms with E-state index in [4.69, 9.17) is 4.74 Å². The highest BCUT2D eigenvalue weighted by atomic mass is 32.1. The van der Waals surface area contributed by atoms with Gasteiger partial charge in [-0.3, -0.25) is 9.78 Å². The molecule has 0 bridgehead atoms. The first-order valence-electron chi connectivity index (χ1n) is 5.24. The molecule has 0 radical (unpaired) electrons. The molecule has 0 aliphatic carbocycles. The van der Waals surface area contributed by atoms with Gasteiger partial charge in [0.25, 0.3) is 5.91 Å². The van der Waals surface area contributed by atoms with Gasteiger partial charge < -0.3 is 15.2 Å². The van der Waals surface area contributed by atoms with Gasteiger partial charge in [0.05, 0.1) is 24.7 Å². The van der Waals surface area contributed by atoms with E-state index in [2.05, 4.69) is 10.3 Å². The summed E-state index contributed by atoms with van der Waals surface area (Å²) >= 11 is 1.46. The minimum Gasteiger partial charge on any atom is -0.504 e. The molecule has 1 heterocycles. The third-order valence-corrected chi connectivity index (χ3v) is 3.15. The predicted molar refractivity (Wildman–Crippen MR) is 67.9 cm³/mol. The number of aromatic nitrogens is 1. The Labute approximate surface area is 108 Å². The zero-order valence-corrected chi connectivity index (χ0v) is 10.5. The molecule has 0 aliphatic heterocycles. The third kappa shape index (κ3) is 2.60. The maximum atomic E-state index is 11.9. The molecule has 0 atom stereocenters. The van der Waals surface area contributed by atoms with Crippen molar-refractivity contribution in [3.63, 3.8) is 0 Å². The number of methoxy groups -OCH3 is 1. The molecule has 0 spiro atoms. The van der Waals surface area contributed by atoms with E-state index in [9.17, 15) is 9.90 Å². The molecular weight excluding hydrogens is 252 g/mol. The quantitative estimate of drug-likeness (QED) is 0.883. The highest BCUT2D eigenvalue weighted by Crippen LogP contribution is 2.29. The molecule has 1 aromatic heterocycles. The highest BCUT2D eigenvalue weighted by Gasteiger charge is 2.14. The van der Waals surface area contributed by atoms with E-state index in [1.807, 2.05) is 0 Å². The zero-order chi connectivity index (χ0) is 13.0. The van der Waals surface area contributed by atoms with Gasteiger partial charge in [-0.2, -0.15) is 0 Å². The van der Waals surface area contributed by atoms with E-state index in [0.717, 1.165) is 4.88 Å². The van der Waals surface area contributed by atoms with Crippen molar-refractivity contribution in [3.8, 4) is 11.5 Å². The van der Waals surface area contributed by atoms with Gasteiger partial charge in [0, 0.05) is 11.1 Å². The van der Waals surface area contributed by atoms with Crippen LogP contribution in [0.5, 0.6) is 11.5 Å². The van der Waals surface area contributed by atoms with Crippen LogP contribution in [0.2, 0.25) is 0 Å². The van der Waals surface area contributed by atoms with Crippen molar-refractivity contribution in [1.82, 2.24) is 10.3 Å². The Hall–Kier alpha value is -2.08. The zero-order valence-electron chi connectivity index (χ0n) is 9.71. The summed E-state index contributed by atoms with van der Waals surface area (Å²) in [4.78, 5) is 16.8. The number of phenols is 1. The van der Waals surface area contributed by atoms with E-state index >= 15 is 0 Å². The minimum absolute atomic E-state index is 0.151. The molecule has 6 heteroatoms. The van der Waals surface area contributed by atoms with Crippen LogP contribution < -0.4 is 10.1 Å². The van der Waals surface area contributed by atoms with Crippen LogP contribution in [-0.2, 0) is 6.54 Å². The lowest BCUT2D eigenvalue weighted by molar-refractivity contribution is 0.0948. The number of nitrogens with one attached hydrogen (secondary N) is 1. The Morgan fingerprint density at radius 1 is 1.56 bits per heavy atom. The molecule has 2 rings (SSSR count). The highest BCUT2D eigenvalue weighted by molar-refractivity contribution is 7.09. The summed E-state index contributed by atoms with van der Waals surface area (Å²) in [7, 11) is 1.44. The summed E-state index contributed by atoms with van der Waals surface area (Å²) in [6.07, 6.45) is 1.69. The van der Waals surface area contributed by atoms with Crippen LogP contribution in [0.15, 0.2) is 29.9 Å². The summed E-state index contributed by atoms with van der Waals surface area (Å²) in [6, 6.07) is 4.79. The molecule has 2 aromatic rings. The van der Waals surface area contributed by atoms with Crippen molar-refractivity contribution in [2.24, 2.45) is 0 Å². The standard InChI is InChI=1S/C12H12N2O3S/c1-17-10-4-2-3-9(11(10)15)12(16)14-6-8-5-13-7-18-8/h2-5,7,15H,6H2,1H3,(H,14,16). The summed E-state index contributed by atoms with van der Waals surface area (Å²) < 4.78 is 4.95. The first kappa shape index (κ1) is 12.4. The normalized spacial score (nSPS) is 10.1. The number of para-hydroxylation sites is 1. The SMILES string of the molecule is COc1cccc(C(=O)NCc2cncs2)c1O. The fourth-order valence-corrected chi connectivity index (χ4v) is 2.00. The Balaban J connectivity index is 2.09. The second-order valence-electron chi connectivity index (χ2n) is 3.51. The predicted octanol–water partition coefficient (Wildman–Crippen LogP) is 1.79. The molecule has 0 saturated heterocycles. The average molecular weight is 264 g/mol. The molecule has 2 N–H and O–H groups in total. The van der Waals surface area contributed by atoms with Crippen LogP contribution in [0.1, 0.15) is 15.2 Å². The van der Waals surface area contributed by atoms with Gasteiger partial charge in [0.15, 0.2) is 11.5 Å². The number of carbonyl (C=O) groups is 1. The number of ether oxygens (including phenoxy) is 1. The van der Waals surface area contributed by atoms with Crippen molar-refractivity contribution < 1.29 is 14.6 Å². The third-order valence-electron chi connectivity index (χ3n) is 2.37. The molecular formula is C12H12N2O3S. The number of phenolic OH excluding ortho intramolecular Hbond substituents is 1. The molecule has 94 valence electrons. The number of nitrogens with zero attached hydrogens (tertiary/aromatic N) is 1. The topological polar surface area (TPSA) is 71.5 Å². The van der Waals surface area contributed by atoms with E-state index in [-0.39, 0.29) is 23.0 Å². The van der Waals surface area contributed by atoms with Gasteiger partial charge in [0.2, 0.25) is 0 Å². The fourth-order valence-electron chi connectivity index (χ4n) is 1.46. The molecule has 0 aliphatic rings. The fraction of sp³-hybridized carbons (Fsp3) is 0.167. The van der Waals surface area contributed by atoms with Crippen LogP contribution in [0.3, 0.4) is 0 Å². The van der Waals surface area contributed by atoms with Crippen LogP contribution >= 0.6 is 11.3 Å². The van der Waals surface area contributed by atoms with Crippen LogP contribution in [0.4, 0.5) is 0 Å². The molecule has 18 heavy (non-hydrogen) atoms. The number of hydrogen-bond donors (Lipinski definition) is 2. The van der Waals surface area contributed by atoms with E-state index in [1.54, 1.807) is 29.9 Å². The maximum Gasteiger partial charge on any atom is 0.255 e. The number of benzene rings is 1. The van der Waals surface area contributed by atoms with Crippen molar-refractivity contribution in [2.75, 3.05) is 7.11 Å². The second kappa shape index (κ2) is 5.50. The lowest BCUT2D eigenvalue weighted by atomic mass is 10.1. The number of thiazole rings is 1. The van der Waals surface area contributed by atoms with Crippen LogP contribution in [0, 0.1) is 0 Å². The Morgan fingerprint density at radius 2 is 2.39 bits per heavy atom. The van der Waals surface area contributed by atoms with Gasteiger partial charge >= 0.3 is 0 Å². The van der Waals surface area contributed by atoms with E-state index in [1.165, 1.54) is 18.4 Å². The number of amides is 1. The average Bonchev–Trinajstić information content (AvgIpc) is 2.89.